The van der Waals surface area contributed by atoms with E-state index in [2.05, 4.69) is 10.3 Å². The molecule has 1 atom stereocenters. The summed E-state index contributed by atoms with van der Waals surface area (Å²) in [6.07, 6.45) is 0. The van der Waals surface area contributed by atoms with E-state index in [0.717, 1.165) is 33.3 Å². The molecule has 0 aliphatic carbocycles. The zero-order valence-corrected chi connectivity index (χ0v) is 10.2. The Morgan fingerprint density at radius 2 is 2.38 bits per heavy atom. The second kappa shape index (κ2) is 4.31. The third-order valence-electron chi connectivity index (χ3n) is 2.59. The molecule has 1 N–H and O–H groups in total. The smallest absolute Gasteiger partial charge is 0.125 e. The van der Waals surface area contributed by atoms with Gasteiger partial charge in [-0.25, -0.2) is 9.37 Å². The molecule has 1 aliphatic heterocycles. The van der Waals surface area contributed by atoms with Gasteiger partial charge in [0.1, 0.15) is 10.8 Å². The van der Waals surface area contributed by atoms with Gasteiger partial charge in [-0.2, -0.15) is 11.8 Å². The molecule has 2 nitrogen and oxygen atoms in total. The highest BCUT2D eigenvalue weighted by molar-refractivity contribution is 7.99. The molecule has 84 valence electrons. The van der Waals surface area contributed by atoms with Crippen LogP contribution in [0, 0.1) is 5.82 Å². The maximum atomic E-state index is 13.0. The fourth-order valence-corrected chi connectivity index (χ4v) is 3.86. The van der Waals surface area contributed by atoms with E-state index < -0.39 is 0 Å². The molecule has 1 saturated heterocycles. The number of thiazole rings is 1. The number of halogens is 1. The Morgan fingerprint density at radius 3 is 3.19 bits per heavy atom. The van der Waals surface area contributed by atoms with Crippen molar-refractivity contribution >= 4 is 33.3 Å². The molecular formula is C11H11FN2S2. The second-order valence-electron chi connectivity index (χ2n) is 3.75. The van der Waals surface area contributed by atoms with Crippen molar-refractivity contribution in [2.45, 2.75) is 6.04 Å². The molecule has 1 aromatic carbocycles. The molecular weight excluding hydrogens is 243 g/mol. The van der Waals surface area contributed by atoms with E-state index >= 15 is 0 Å². The molecule has 1 fully saturated rings. The number of thioether (sulfide) groups is 1. The number of nitrogens with one attached hydrogen (secondary N) is 1. The standard InChI is InChI=1S/C11H11FN2S2/c12-7-1-2-10-8(5-7)14-11(16-10)9-6-15-4-3-13-9/h1-2,5,9,13H,3-4,6H2. The molecule has 0 spiro atoms. The summed E-state index contributed by atoms with van der Waals surface area (Å²) in [7, 11) is 0. The third-order valence-corrected chi connectivity index (χ3v) is 4.80. The fraction of sp³-hybridized carbons (Fsp3) is 0.364. The first kappa shape index (κ1) is 10.5. The summed E-state index contributed by atoms with van der Waals surface area (Å²) in [4.78, 5) is 4.50. The molecule has 1 aliphatic rings. The van der Waals surface area contributed by atoms with Crippen molar-refractivity contribution in [1.82, 2.24) is 10.3 Å². The fourth-order valence-electron chi connectivity index (χ4n) is 1.79. The number of rotatable bonds is 1. The number of hydrogen-bond donors (Lipinski definition) is 1. The van der Waals surface area contributed by atoms with Crippen molar-refractivity contribution in [1.29, 1.82) is 0 Å². The SMILES string of the molecule is Fc1ccc2sc(C3CSCCN3)nc2c1. The largest absolute Gasteiger partial charge is 0.306 e. The van der Waals surface area contributed by atoms with E-state index in [-0.39, 0.29) is 5.82 Å². The zero-order chi connectivity index (χ0) is 11.0. The van der Waals surface area contributed by atoms with Crippen LogP contribution in [0.2, 0.25) is 0 Å². The molecule has 0 amide bonds. The first-order valence-corrected chi connectivity index (χ1v) is 7.17. The molecule has 2 aromatic rings. The molecule has 5 heteroatoms. The van der Waals surface area contributed by atoms with Crippen LogP contribution in [0.3, 0.4) is 0 Å². The van der Waals surface area contributed by atoms with E-state index in [1.165, 1.54) is 12.1 Å². The molecule has 0 saturated carbocycles. The van der Waals surface area contributed by atoms with Gasteiger partial charge in [0.2, 0.25) is 0 Å². The van der Waals surface area contributed by atoms with E-state index in [9.17, 15) is 4.39 Å². The van der Waals surface area contributed by atoms with Crippen molar-refractivity contribution < 1.29 is 4.39 Å². The van der Waals surface area contributed by atoms with Crippen LogP contribution in [0.25, 0.3) is 10.2 Å². The van der Waals surface area contributed by atoms with Gasteiger partial charge in [0.25, 0.3) is 0 Å². The summed E-state index contributed by atoms with van der Waals surface area (Å²) in [6.45, 7) is 1.03. The van der Waals surface area contributed by atoms with Gasteiger partial charge in [-0.15, -0.1) is 11.3 Å². The number of hydrogen-bond acceptors (Lipinski definition) is 4. The highest BCUT2D eigenvalue weighted by atomic mass is 32.2. The summed E-state index contributed by atoms with van der Waals surface area (Å²) < 4.78 is 14.1. The van der Waals surface area contributed by atoms with Crippen molar-refractivity contribution in [3.63, 3.8) is 0 Å². The number of nitrogens with zero attached hydrogens (tertiary/aromatic N) is 1. The Bertz CT molecular complexity index is 506. The average molecular weight is 254 g/mol. The van der Waals surface area contributed by atoms with Crippen LogP contribution < -0.4 is 5.32 Å². The lowest BCUT2D eigenvalue weighted by atomic mass is 10.3. The summed E-state index contributed by atoms with van der Waals surface area (Å²) in [5.41, 5.74) is 0.775. The minimum absolute atomic E-state index is 0.213. The lowest BCUT2D eigenvalue weighted by Crippen LogP contribution is -2.30. The summed E-state index contributed by atoms with van der Waals surface area (Å²) >= 11 is 3.60. The van der Waals surface area contributed by atoms with Gasteiger partial charge in [-0.05, 0) is 12.1 Å². The highest BCUT2D eigenvalue weighted by Gasteiger charge is 2.18. The van der Waals surface area contributed by atoms with Crippen LogP contribution in [0.4, 0.5) is 4.39 Å². The molecule has 2 heterocycles. The van der Waals surface area contributed by atoms with Gasteiger partial charge in [-0.1, -0.05) is 0 Å². The van der Waals surface area contributed by atoms with E-state index in [1.54, 1.807) is 11.3 Å². The minimum Gasteiger partial charge on any atom is -0.306 e. The Morgan fingerprint density at radius 1 is 1.44 bits per heavy atom. The maximum absolute atomic E-state index is 13.0. The first-order valence-electron chi connectivity index (χ1n) is 5.20. The Kier molecular flexibility index (Phi) is 2.83. The predicted molar refractivity (Wildman–Crippen MR) is 67.6 cm³/mol. The topological polar surface area (TPSA) is 24.9 Å². The number of fused-ring (bicyclic) bond motifs is 1. The summed E-state index contributed by atoms with van der Waals surface area (Å²) in [5.74, 6) is 2.01. The number of aromatic nitrogens is 1. The van der Waals surface area contributed by atoms with E-state index in [4.69, 9.17) is 0 Å². The quantitative estimate of drug-likeness (QED) is 0.847. The third kappa shape index (κ3) is 1.95. The van der Waals surface area contributed by atoms with Crippen molar-refractivity contribution in [3.05, 3.63) is 29.0 Å². The van der Waals surface area contributed by atoms with Crippen LogP contribution in [0.5, 0.6) is 0 Å². The molecule has 1 unspecified atom stereocenters. The first-order chi connectivity index (χ1) is 7.83. The molecule has 0 bridgehead atoms. The molecule has 16 heavy (non-hydrogen) atoms. The van der Waals surface area contributed by atoms with Crippen LogP contribution >= 0.6 is 23.1 Å². The van der Waals surface area contributed by atoms with Gasteiger partial charge in [0.05, 0.1) is 16.3 Å². The monoisotopic (exact) mass is 254 g/mol. The highest BCUT2D eigenvalue weighted by Crippen LogP contribution is 2.29. The molecule has 1 aromatic heterocycles. The molecule has 0 radical (unpaired) electrons. The number of benzene rings is 1. The van der Waals surface area contributed by atoms with Crippen molar-refractivity contribution in [3.8, 4) is 0 Å². The van der Waals surface area contributed by atoms with Crippen LogP contribution in [-0.4, -0.2) is 23.0 Å². The van der Waals surface area contributed by atoms with Crippen LogP contribution in [0.1, 0.15) is 11.0 Å². The van der Waals surface area contributed by atoms with Crippen LogP contribution in [-0.2, 0) is 0 Å². The molecule has 3 rings (SSSR count). The summed E-state index contributed by atoms with van der Waals surface area (Å²) in [5, 5.41) is 4.52. The zero-order valence-electron chi connectivity index (χ0n) is 8.57. The van der Waals surface area contributed by atoms with Gasteiger partial charge in [0, 0.05) is 24.1 Å². The van der Waals surface area contributed by atoms with Gasteiger partial charge < -0.3 is 5.32 Å². The Balaban J connectivity index is 1.97. The predicted octanol–water partition coefficient (Wildman–Crippen LogP) is 2.81. The lowest BCUT2D eigenvalue weighted by molar-refractivity contribution is 0.592. The van der Waals surface area contributed by atoms with E-state index in [1.807, 2.05) is 17.8 Å². The van der Waals surface area contributed by atoms with Gasteiger partial charge in [-0.3, -0.25) is 0 Å². The van der Waals surface area contributed by atoms with E-state index in [0.29, 0.717) is 6.04 Å². The second-order valence-corrected chi connectivity index (χ2v) is 5.96. The average Bonchev–Trinajstić information content (AvgIpc) is 2.73. The van der Waals surface area contributed by atoms with Crippen LogP contribution in [0.15, 0.2) is 18.2 Å². The van der Waals surface area contributed by atoms with Gasteiger partial charge in [0.15, 0.2) is 0 Å². The maximum Gasteiger partial charge on any atom is 0.125 e. The summed E-state index contributed by atoms with van der Waals surface area (Å²) in [6, 6.07) is 5.14. The lowest BCUT2D eigenvalue weighted by Gasteiger charge is -2.20. The Hall–Kier alpha value is -0.650. The van der Waals surface area contributed by atoms with Crippen molar-refractivity contribution in [2.24, 2.45) is 0 Å². The van der Waals surface area contributed by atoms with Crippen molar-refractivity contribution in [2.75, 3.05) is 18.1 Å². The normalized spacial score (nSPS) is 21.4. The minimum atomic E-state index is -0.213. The Labute approximate surface area is 101 Å². The van der Waals surface area contributed by atoms with Gasteiger partial charge >= 0.3 is 0 Å².